The third-order valence-corrected chi connectivity index (χ3v) is 6.07. The number of hydrogen-bond donors (Lipinski definition) is 1. The van der Waals surface area contributed by atoms with Crippen LogP contribution in [-0.4, -0.2) is 38.4 Å². The molecule has 5 rings (SSSR count). The van der Waals surface area contributed by atoms with Gasteiger partial charge in [-0.3, -0.25) is 4.79 Å². The zero-order valence-electron chi connectivity index (χ0n) is 17.9. The molecular formula is C23H20FN5O3S. The van der Waals surface area contributed by atoms with E-state index in [1.165, 1.54) is 23.9 Å². The van der Waals surface area contributed by atoms with Crippen molar-refractivity contribution in [2.75, 3.05) is 17.9 Å². The smallest absolute Gasteiger partial charge is 0.234 e. The number of carbonyl (C=O) groups excluding carboxylic acids is 1. The molecule has 1 aliphatic rings. The first-order valence-corrected chi connectivity index (χ1v) is 11.3. The number of nitrogens with one attached hydrogen (secondary N) is 1. The second-order valence-electron chi connectivity index (χ2n) is 7.75. The van der Waals surface area contributed by atoms with E-state index in [0.717, 1.165) is 16.6 Å². The summed E-state index contributed by atoms with van der Waals surface area (Å²) in [4.78, 5) is 12.6. The lowest BCUT2D eigenvalue weighted by Crippen LogP contribution is -2.14. The predicted molar refractivity (Wildman–Crippen MR) is 123 cm³/mol. The standard InChI is InChI=1S/C23H20FN5O3S/c1-13(2)21-17-10-25-29(16-6-3-14(24)4-7-16)22(17)23(28-27-21)33-11-20(30)26-15-5-8-18-19(9-15)32-12-31-18/h3-10,13H,11-12H2,1-2H3,(H,26,30). The summed E-state index contributed by atoms with van der Waals surface area (Å²) in [5.41, 5.74) is 2.86. The number of ether oxygens (including phenoxy) is 2. The van der Waals surface area contributed by atoms with Crippen LogP contribution in [0.15, 0.2) is 53.7 Å². The molecule has 2 aromatic carbocycles. The molecule has 0 radical (unpaired) electrons. The van der Waals surface area contributed by atoms with Crippen LogP contribution in [0, 0.1) is 5.82 Å². The molecule has 0 bridgehead atoms. The molecule has 1 aliphatic heterocycles. The summed E-state index contributed by atoms with van der Waals surface area (Å²) in [6.45, 7) is 4.24. The fraction of sp³-hybridized carbons (Fsp3) is 0.217. The van der Waals surface area contributed by atoms with Crippen LogP contribution in [0.25, 0.3) is 16.6 Å². The first-order valence-electron chi connectivity index (χ1n) is 10.3. The summed E-state index contributed by atoms with van der Waals surface area (Å²) < 4.78 is 25.8. The minimum atomic E-state index is -0.326. The van der Waals surface area contributed by atoms with Crippen molar-refractivity contribution in [2.24, 2.45) is 0 Å². The van der Waals surface area contributed by atoms with Gasteiger partial charge in [0.05, 0.1) is 23.3 Å². The average molecular weight is 466 g/mol. The van der Waals surface area contributed by atoms with Crippen molar-refractivity contribution in [3.05, 3.63) is 60.2 Å². The number of carbonyl (C=O) groups is 1. The Labute approximate surface area is 193 Å². The van der Waals surface area contributed by atoms with Gasteiger partial charge in [-0.15, -0.1) is 5.10 Å². The fourth-order valence-electron chi connectivity index (χ4n) is 3.55. The lowest BCUT2D eigenvalue weighted by molar-refractivity contribution is -0.113. The van der Waals surface area contributed by atoms with Crippen molar-refractivity contribution in [3.63, 3.8) is 0 Å². The van der Waals surface area contributed by atoms with E-state index in [9.17, 15) is 9.18 Å². The number of nitrogens with zero attached hydrogens (tertiary/aromatic N) is 4. The normalized spacial score (nSPS) is 12.5. The first kappa shape index (κ1) is 21.2. The molecule has 2 aromatic heterocycles. The highest BCUT2D eigenvalue weighted by atomic mass is 32.2. The molecule has 0 spiro atoms. The van der Waals surface area contributed by atoms with Crippen LogP contribution < -0.4 is 14.8 Å². The summed E-state index contributed by atoms with van der Waals surface area (Å²) in [6, 6.07) is 11.3. The number of halogens is 1. The highest BCUT2D eigenvalue weighted by Crippen LogP contribution is 2.35. The van der Waals surface area contributed by atoms with Gasteiger partial charge in [0.25, 0.3) is 0 Å². The Balaban J connectivity index is 1.41. The summed E-state index contributed by atoms with van der Waals surface area (Å²) in [5.74, 6) is 0.981. The Morgan fingerprint density at radius 2 is 1.94 bits per heavy atom. The van der Waals surface area contributed by atoms with Gasteiger partial charge in [0.1, 0.15) is 16.4 Å². The molecule has 0 aliphatic carbocycles. The second-order valence-corrected chi connectivity index (χ2v) is 8.71. The number of thioether (sulfide) groups is 1. The monoisotopic (exact) mass is 465 g/mol. The number of aromatic nitrogens is 4. The van der Waals surface area contributed by atoms with Gasteiger partial charge >= 0.3 is 0 Å². The minimum absolute atomic E-state index is 0.119. The van der Waals surface area contributed by atoms with E-state index < -0.39 is 0 Å². The van der Waals surface area contributed by atoms with Gasteiger partial charge < -0.3 is 14.8 Å². The van der Waals surface area contributed by atoms with Crippen molar-refractivity contribution in [1.29, 1.82) is 0 Å². The number of anilines is 1. The van der Waals surface area contributed by atoms with Crippen molar-refractivity contribution < 1.29 is 18.7 Å². The highest BCUT2D eigenvalue weighted by Gasteiger charge is 2.20. The first-order chi connectivity index (χ1) is 16.0. The Hall–Kier alpha value is -3.66. The summed E-state index contributed by atoms with van der Waals surface area (Å²) in [5, 5.41) is 17.6. The third-order valence-electron chi connectivity index (χ3n) is 5.11. The van der Waals surface area contributed by atoms with Gasteiger partial charge in [0.2, 0.25) is 12.7 Å². The molecule has 0 unspecified atom stereocenters. The number of amides is 1. The molecule has 3 heterocycles. The van der Waals surface area contributed by atoms with Gasteiger partial charge in [-0.05, 0) is 42.3 Å². The summed E-state index contributed by atoms with van der Waals surface area (Å²) in [6.07, 6.45) is 1.74. The van der Waals surface area contributed by atoms with Crippen LogP contribution >= 0.6 is 11.8 Å². The molecule has 0 atom stereocenters. The maximum Gasteiger partial charge on any atom is 0.234 e. The maximum absolute atomic E-state index is 13.4. The fourth-order valence-corrected chi connectivity index (χ4v) is 4.32. The Kier molecular flexibility index (Phi) is 5.59. The van der Waals surface area contributed by atoms with Crippen molar-refractivity contribution >= 4 is 34.3 Å². The molecule has 4 aromatic rings. The minimum Gasteiger partial charge on any atom is -0.454 e. The van der Waals surface area contributed by atoms with E-state index in [2.05, 4.69) is 20.6 Å². The van der Waals surface area contributed by atoms with Crippen molar-refractivity contribution in [1.82, 2.24) is 20.0 Å². The third kappa shape index (κ3) is 4.21. The molecule has 0 fully saturated rings. The number of benzene rings is 2. The van der Waals surface area contributed by atoms with Gasteiger partial charge in [-0.1, -0.05) is 25.6 Å². The quantitative estimate of drug-likeness (QED) is 0.418. The summed E-state index contributed by atoms with van der Waals surface area (Å²) in [7, 11) is 0. The van der Waals surface area contributed by atoms with E-state index in [4.69, 9.17) is 9.47 Å². The maximum atomic E-state index is 13.4. The van der Waals surface area contributed by atoms with Crippen LogP contribution in [0.2, 0.25) is 0 Å². The van der Waals surface area contributed by atoms with Crippen LogP contribution in [-0.2, 0) is 4.79 Å². The van der Waals surface area contributed by atoms with Crippen LogP contribution in [0.5, 0.6) is 11.5 Å². The number of rotatable bonds is 6. The SMILES string of the molecule is CC(C)c1nnc(SCC(=O)Nc2ccc3c(c2)OCO3)c2c1cnn2-c1ccc(F)cc1. The lowest BCUT2D eigenvalue weighted by Gasteiger charge is -2.11. The van der Waals surface area contributed by atoms with E-state index in [1.54, 1.807) is 41.2 Å². The summed E-state index contributed by atoms with van der Waals surface area (Å²) >= 11 is 1.26. The number of fused-ring (bicyclic) bond motifs is 2. The lowest BCUT2D eigenvalue weighted by atomic mass is 10.1. The Morgan fingerprint density at radius 1 is 1.15 bits per heavy atom. The van der Waals surface area contributed by atoms with Gasteiger partial charge in [0, 0.05) is 17.1 Å². The van der Waals surface area contributed by atoms with Crippen LogP contribution in [0.4, 0.5) is 10.1 Å². The number of hydrogen-bond acceptors (Lipinski definition) is 7. The van der Waals surface area contributed by atoms with Crippen molar-refractivity contribution in [3.8, 4) is 17.2 Å². The van der Waals surface area contributed by atoms with Gasteiger partial charge in [-0.2, -0.15) is 10.2 Å². The molecule has 0 saturated heterocycles. The molecule has 0 saturated carbocycles. The molecule has 1 N–H and O–H groups in total. The molecule has 168 valence electrons. The largest absolute Gasteiger partial charge is 0.454 e. The molecule has 10 heteroatoms. The zero-order chi connectivity index (χ0) is 22.9. The van der Waals surface area contributed by atoms with E-state index in [0.29, 0.717) is 27.9 Å². The van der Waals surface area contributed by atoms with E-state index in [-0.39, 0.29) is 30.2 Å². The van der Waals surface area contributed by atoms with Crippen LogP contribution in [0.3, 0.4) is 0 Å². The molecular weight excluding hydrogens is 445 g/mol. The zero-order valence-corrected chi connectivity index (χ0v) is 18.7. The van der Waals surface area contributed by atoms with Gasteiger partial charge in [0.15, 0.2) is 11.5 Å². The van der Waals surface area contributed by atoms with Crippen molar-refractivity contribution in [2.45, 2.75) is 24.8 Å². The molecule has 8 nitrogen and oxygen atoms in total. The highest BCUT2D eigenvalue weighted by molar-refractivity contribution is 8.00. The van der Waals surface area contributed by atoms with E-state index >= 15 is 0 Å². The predicted octanol–water partition coefficient (Wildman–Crippen LogP) is 4.54. The average Bonchev–Trinajstić information content (AvgIpc) is 3.45. The molecule has 33 heavy (non-hydrogen) atoms. The topological polar surface area (TPSA) is 91.2 Å². The Morgan fingerprint density at radius 3 is 2.73 bits per heavy atom. The second kappa shape index (κ2) is 8.70. The van der Waals surface area contributed by atoms with Gasteiger partial charge in [-0.25, -0.2) is 9.07 Å². The Bertz CT molecular complexity index is 1340. The van der Waals surface area contributed by atoms with E-state index in [1.807, 2.05) is 13.8 Å². The molecule has 1 amide bonds. The van der Waals surface area contributed by atoms with Crippen LogP contribution in [0.1, 0.15) is 25.5 Å².